The van der Waals surface area contributed by atoms with Crippen molar-refractivity contribution in [3.63, 3.8) is 0 Å². The number of nitrogens with zero attached hydrogens (tertiary/aromatic N) is 3. The second-order valence-corrected chi connectivity index (χ2v) is 5.02. The first-order valence-corrected chi connectivity index (χ1v) is 7.30. The van der Waals surface area contributed by atoms with E-state index >= 15 is 0 Å². The Morgan fingerprint density at radius 2 is 1.43 bits per heavy atom. The van der Waals surface area contributed by atoms with Crippen molar-refractivity contribution < 1.29 is 16.2 Å². The maximum Gasteiger partial charge on any atom is 0.476 e. The summed E-state index contributed by atoms with van der Waals surface area (Å²) in [6.07, 6.45) is 0. The second-order valence-electron chi connectivity index (χ2n) is 3.18. The minimum absolute atomic E-state index is 0.0227. The molecule has 0 aliphatic heterocycles. The molecule has 0 bridgehead atoms. The maximum atomic E-state index is 9.99. The molecule has 2 aromatic rings. The van der Waals surface area contributed by atoms with E-state index in [1.54, 1.807) is 12.1 Å². The van der Waals surface area contributed by atoms with E-state index in [0.717, 1.165) is 0 Å². The van der Waals surface area contributed by atoms with Gasteiger partial charge in [-0.15, -0.1) is 0 Å². The molecule has 6 nitrogen and oxygen atoms in total. The van der Waals surface area contributed by atoms with Crippen molar-refractivity contribution in [1.82, 2.24) is 15.0 Å². The third-order valence-corrected chi connectivity index (χ3v) is 2.37. The molecule has 1 heterocycles. The van der Waals surface area contributed by atoms with Crippen molar-refractivity contribution in [3.05, 3.63) is 39.9 Å². The molecule has 0 aliphatic carbocycles. The molecular formula is C9H5Cl3F2N4O2S. The van der Waals surface area contributed by atoms with Crippen molar-refractivity contribution >= 4 is 57.0 Å². The van der Waals surface area contributed by atoms with Gasteiger partial charge in [-0.1, -0.05) is 31.5 Å². The van der Waals surface area contributed by atoms with Gasteiger partial charge in [-0.05, 0) is 35.3 Å². The van der Waals surface area contributed by atoms with E-state index in [1.807, 2.05) is 12.1 Å². The topological polar surface area (TPSA) is 84.8 Å². The second kappa shape index (κ2) is 7.64. The zero-order valence-electron chi connectivity index (χ0n) is 9.77. The Kier molecular flexibility index (Phi) is 6.46. The summed E-state index contributed by atoms with van der Waals surface area (Å²) in [5.41, 5.74) is 0.669. The first-order chi connectivity index (χ1) is 9.65. The van der Waals surface area contributed by atoms with Crippen LogP contribution in [0.5, 0.6) is 0 Å². The molecule has 0 amide bonds. The summed E-state index contributed by atoms with van der Waals surface area (Å²) >= 11 is 17.2. The van der Waals surface area contributed by atoms with Crippen LogP contribution in [-0.2, 0) is 10.6 Å². The van der Waals surface area contributed by atoms with Gasteiger partial charge in [-0.25, -0.2) is 0 Å². The van der Waals surface area contributed by atoms with E-state index in [4.69, 9.17) is 43.2 Å². The smallest absolute Gasteiger partial charge is 0.323 e. The number of aromatic nitrogens is 3. The molecule has 1 aromatic carbocycles. The molecule has 114 valence electrons. The molecule has 0 saturated carbocycles. The Bertz CT molecular complexity index is 704. The lowest BCUT2D eigenvalue weighted by atomic mass is 10.3. The van der Waals surface area contributed by atoms with E-state index < -0.39 is 10.6 Å². The van der Waals surface area contributed by atoms with Crippen LogP contribution in [0.15, 0.2) is 24.3 Å². The molecule has 0 saturated heterocycles. The highest BCUT2D eigenvalue weighted by Crippen LogP contribution is 2.23. The molecule has 0 spiro atoms. The molecule has 0 fully saturated rings. The Labute approximate surface area is 133 Å². The average molecular weight is 378 g/mol. The van der Waals surface area contributed by atoms with E-state index in [2.05, 4.69) is 20.3 Å². The van der Waals surface area contributed by atoms with Gasteiger partial charge in [0.05, 0.1) is 10.7 Å². The van der Waals surface area contributed by atoms with Gasteiger partial charge in [0.15, 0.2) is 0 Å². The minimum atomic E-state index is -5.67. The van der Waals surface area contributed by atoms with Crippen LogP contribution in [0.1, 0.15) is 0 Å². The Balaban J connectivity index is 0.000000383. The molecule has 21 heavy (non-hydrogen) atoms. The van der Waals surface area contributed by atoms with E-state index in [9.17, 15) is 7.77 Å². The molecule has 0 aliphatic rings. The number of para-hydroxylation sites is 1. The number of anilines is 2. The highest BCUT2D eigenvalue weighted by Gasteiger charge is 2.05. The molecule has 0 unspecified atom stereocenters. The number of nitrogens with one attached hydrogen (secondary N) is 1. The van der Waals surface area contributed by atoms with E-state index in [0.29, 0.717) is 10.7 Å². The Hall–Kier alpha value is -1.29. The van der Waals surface area contributed by atoms with Gasteiger partial charge in [-0.3, -0.25) is 0 Å². The number of hydrogen-bond donors (Lipinski definition) is 1. The third kappa shape index (κ3) is 7.90. The standard InChI is InChI=1S/C9H5Cl3N4.F2O2S/c10-5-3-1-2-4-6(5)13-9-15-7(11)14-8(12)16-9;1-5(2,3)4/h1-4H,(H,13,14,15,16);. The van der Waals surface area contributed by atoms with Crippen molar-refractivity contribution in [1.29, 1.82) is 0 Å². The highest BCUT2D eigenvalue weighted by atomic mass is 35.5. The largest absolute Gasteiger partial charge is 0.476 e. The number of hydrogen-bond acceptors (Lipinski definition) is 6. The van der Waals surface area contributed by atoms with Gasteiger partial charge in [0.25, 0.3) is 0 Å². The predicted octanol–water partition coefficient (Wildman–Crippen LogP) is 3.75. The normalized spacial score (nSPS) is 10.5. The summed E-state index contributed by atoms with van der Waals surface area (Å²) in [6.45, 7) is 0. The number of benzene rings is 1. The number of rotatable bonds is 2. The van der Waals surface area contributed by atoms with Gasteiger partial charge in [0.1, 0.15) is 0 Å². The average Bonchev–Trinajstić information content (AvgIpc) is 2.28. The summed E-state index contributed by atoms with van der Waals surface area (Å²) in [5.74, 6) is 0.248. The molecule has 1 aromatic heterocycles. The van der Waals surface area contributed by atoms with Crippen molar-refractivity contribution in [2.24, 2.45) is 0 Å². The van der Waals surface area contributed by atoms with Crippen LogP contribution in [-0.4, -0.2) is 23.4 Å². The van der Waals surface area contributed by atoms with E-state index in [-0.39, 0.29) is 16.5 Å². The fraction of sp³-hybridized carbons (Fsp3) is 0. The molecule has 1 N–H and O–H groups in total. The summed E-state index contributed by atoms with van der Waals surface area (Å²) < 4.78 is 36.6. The van der Waals surface area contributed by atoms with Crippen LogP contribution in [0.2, 0.25) is 15.6 Å². The van der Waals surface area contributed by atoms with Gasteiger partial charge >= 0.3 is 10.6 Å². The lowest BCUT2D eigenvalue weighted by Gasteiger charge is -2.06. The maximum absolute atomic E-state index is 9.99. The highest BCUT2D eigenvalue weighted by molar-refractivity contribution is 7.81. The fourth-order valence-corrected chi connectivity index (χ4v) is 1.61. The first kappa shape index (κ1) is 17.8. The van der Waals surface area contributed by atoms with Gasteiger partial charge in [0.2, 0.25) is 16.5 Å². The summed E-state index contributed by atoms with van der Waals surface area (Å²) in [7, 11) is -5.67. The van der Waals surface area contributed by atoms with Crippen LogP contribution in [0.3, 0.4) is 0 Å². The molecule has 0 atom stereocenters. The van der Waals surface area contributed by atoms with Crippen LogP contribution in [0.25, 0.3) is 0 Å². The third-order valence-electron chi connectivity index (χ3n) is 1.70. The van der Waals surface area contributed by atoms with Crippen molar-refractivity contribution in [2.75, 3.05) is 5.32 Å². The Morgan fingerprint density at radius 3 is 1.90 bits per heavy atom. The molecular weight excluding hydrogens is 373 g/mol. The summed E-state index contributed by atoms with van der Waals surface area (Å²) in [6, 6.07) is 7.18. The van der Waals surface area contributed by atoms with Gasteiger partial charge in [0, 0.05) is 0 Å². The van der Waals surface area contributed by atoms with E-state index in [1.165, 1.54) is 0 Å². The lowest BCUT2D eigenvalue weighted by Crippen LogP contribution is -1.99. The zero-order valence-corrected chi connectivity index (χ0v) is 12.8. The van der Waals surface area contributed by atoms with Crippen molar-refractivity contribution in [2.45, 2.75) is 0 Å². The Morgan fingerprint density at radius 1 is 0.952 bits per heavy atom. The molecule has 0 radical (unpaired) electrons. The monoisotopic (exact) mass is 376 g/mol. The molecule has 2 rings (SSSR count). The van der Waals surface area contributed by atoms with Gasteiger partial charge in [-0.2, -0.15) is 23.4 Å². The minimum Gasteiger partial charge on any atom is -0.323 e. The van der Waals surface area contributed by atoms with Crippen molar-refractivity contribution in [3.8, 4) is 0 Å². The first-order valence-electron chi connectivity index (χ1n) is 4.88. The SMILES string of the molecule is Clc1nc(Cl)nc(Nc2ccccc2Cl)n1.O=S(=O)(F)F. The zero-order chi connectivity index (χ0) is 16.0. The van der Waals surface area contributed by atoms with Crippen LogP contribution in [0.4, 0.5) is 19.4 Å². The predicted molar refractivity (Wildman–Crippen MR) is 75.7 cm³/mol. The van der Waals surface area contributed by atoms with Gasteiger partial charge < -0.3 is 5.32 Å². The number of halogens is 5. The fourth-order valence-electron chi connectivity index (χ4n) is 1.06. The van der Waals surface area contributed by atoms with Crippen LogP contribution in [0, 0.1) is 0 Å². The van der Waals surface area contributed by atoms with Crippen LogP contribution >= 0.6 is 34.8 Å². The summed E-state index contributed by atoms with van der Waals surface area (Å²) in [4.78, 5) is 11.4. The molecule has 12 heteroatoms. The quantitative estimate of drug-likeness (QED) is 0.802. The lowest BCUT2D eigenvalue weighted by molar-refractivity contribution is 0.501. The summed E-state index contributed by atoms with van der Waals surface area (Å²) in [5, 5.41) is 3.49. The van der Waals surface area contributed by atoms with Crippen LogP contribution < -0.4 is 5.32 Å².